The number of rotatable bonds is 6. The molecule has 0 spiro atoms. The normalized spacial score (nSPS) is 32.9. The summed E-state index contributed by atoms with van der Waals surface area (Å²) in [6.07, 6.45) is 8.83. The van der Waals surface area contributed by atoms with Crippen LogP contribution in [0.2, 0.25) is 0 Å². The molecule has 1 N–H and O–H groups in total. The maximum Gasteiger partial charge on any atom is 0.272 e. The molecule has 2 aliphatic heterocycles. The zero-order valence-electron chi connectivity index (χ0n) is 20.4. The lowest BCUT2D eigenvalue weighted by molar-refractivity contribution is -0.109. The number of aliphatic hydroxyl groups excluding tert-OH is 1. The predicted molar refractivity (Wildman–Crippen MR) is 128 cm³/mol. The molecule has 2 aliphatic carbocycles. The average molecular weight is 473 g/mol. The van der Waals surface area contributed by atoms with Crippen LogP contribution in [0.15, 0.2) is 36.6 Å². The number of hydrogen-bond donors (Lipinski definition) is 1. The number of halogens is 2. The number of nitrogens with zero attached hydrogens (tertiary/aromatic N) is 2. The molecule has 2 saturated carbocycles. The van der Waals surface area contributed by atoms with Crippen LogP contribution in [0.1, 0.15) is 68.7 Å². The van der Waals surface area contributed by atoms with Crippen molar-refractivity contribution < 1.29 is 18.6 Å². The first-order valence-electron chi connectivity index (χ1n) is 12.9. The quantitative estimate of drug-likeness (QED) is 0.547. The molecule has 0 radical (unpaired) electrons. The SMILES string of the molecule is C=C(C[C@@H]1CCOCC1=C)[C@@H]1CC2CCC[C@@]2(C(O)N2CCc3ncc(C(C)(F)F)cc3C2)C1. The van der Waals surface area contributed by atoms with Crippen molar-refractivity contribution in [2.45, 2.75) is 77.0 Å². The fraction of sp³-hybridized carbons (Fsp3) is 0.679. The van der Waals surface area contributed by atoms with Crippen LogP contribution in [0.25, 0.3) is 0 Å². The molecule has 2 unspecified atom stereocenters. The van der Waals surface area contributed by atoms with E-state index in [9.17, 15) is 13.9 Å². The molecular formula is C28H38F2N2O2. The lowest BCUT2D eigenvalue weighted by atomic mass is 9.76. The smallest absolute Gasteiger partial charge is 0.272 e. The van der Waals surface area contributed by atoms with Crippen LogP contribution in [0.4, 0.5) is 8.78 Å². The van der Waals surface area contributed by atoms with Crippen molar-refractivity contribution in [1.29, 1.82) is 0 Å². The van der Waals surface area contributed by atoms with Crippen LogP contribution in [-0.4, -0.2) is 41.0 Å². The number of ether oxygens (including phenoxy) is 1. The summed E-state index contributed by atoms with van der Waals surface area (Å²) < 4.78 is 33.3. The highest BCUT2D eigenvalue weighted by Crippen LogP contribution is 2.60. The number of allylic oxidation sites excluding steroid dienone is 1. The minimum absolute atomic E-state index is 0.0496. The van der Waals surface area contributed by atoms with Crippen molar-refractivity contribution in [3.8, 4) is 0 Å². The molecule has 34 heavy (non-hydrogen) atoms. The number of aliphatic hydroxyl groups is 1. The zero-order chi connectivity index (χ0) is 24.1. The summed E-state index contributed by atoms with van der Waals surface area (Å²) in [5.74, 6) is -1.53. The first kappa shape index (κ1) is 24.1. The Morgan fingerprint density at radius 3 is 3.00 bits per heavy atom. The maximum absolute atomic E-state index is 13.9. The van der Waals surface area contributed by atoms with Gasteiger partial charge in [-0.3, -0.25) is 9.88 Å². The van der Waals surface area contributed by atoms with Gasteiger partial charge in [0.15, 0.2) is 0 Å². The lowest BCUT2D eigenvalue weighted by Gasteiger charge is -2.43. The minimum atomic E-state index is -2.91. The summed E-state index contributed by atoms with van der Waals surface area (Å²) in [6.45, 7) is 12.3. The highest BCUT2D eigenvalue weighted by atomic mass is 19.3. The van der Waals surface area contributed by atoms with Gasteiger partial charge in [0.25, 0.3) is 5.92 Å². The molecule has 0 amide bonds. The van der Waals surface area contributed by atoms with E-state index in [0.717, 1.165) is 69.7 Å². The van der Waals surface area contributed by atoms with E-state index in [1.807, 2.05) is 0 Å². The van der Waals surface area contributed by atoms with Crippen LogP contribution in [0, 0.1) is 23.2 Å². The van der Waals surface area contributed by atoms with Crippen molar-refractivity contribution in [3.05, 3.63) is 53.4 Å². The zero-order valence-corrected chi connectivity index (χ0v) is 20.4. The molecule has 1 saturated heterocycles. The Morgan fingerprint density at radius 1 is 1.41 bits per heavy atom. The summed E-state index contributed by atoms with van der Waals surface area (Å²) in [5, 5.41) is 11.7. The molecule has 4 nitrogen and oxygen atoms in total. The van der Waals surface area contributed by atoms with E-state index in [4.69, 9.17) is 4.74 Å². The molecule has 1 aromatic heterocycles. The van der Waals surface area contributed by atoms with E-state index < -0.39 is 12.2 Å². The highest BCUT2D eigenvalue weighted by molar-refractivity contribution is 5.30. The van der Waals surface area contributed by atoms with Gasteiger partial charge in [-0.2, -0.15) is 0 Å². The van der Waals surface area contributed by atoms with Gasteiger partial charge in [0.1, 0.15) is 6.23 Å². The van der Waals surface area contributed by atoms with E-state index in [1.54, 1.807) is 6.07 Å². The molecular weight excluding hydrogens is 434 g/mol. The third-order valence-electron chi connectivity index (χ3n) is 9.20. The third-order valence-corrected chi connectivity index (χ3v) is 9.20. The van der Waals surface area contributed by atoms with Crippen LogP contribution in [0.3, 0.4) is 0 Å². The van der Waals surface area contributed by atoms with E-state index >= 15 is 0 Å². The molecule has 186 valence electrons. The first-order valence-corrected chi connectivity index (χ1v) is 12.9. The number of aromatic nitrogens is 1. The van der Waals surface area contributed by atoms with Gasteiger partial charge in [0.2, 0.25) is 0 Å². The third kappa shape index (κ3) is 4.38. The first-order chi connectivity index (χ1) is 16.2. The molecule has 0 bridgehead atoms. The summed E-state index contributed by atoms with van der Waals surface area (Å²) in [4.78, 5) is 6.44. The van der Waals surface area contributed by atoms with Gasteiger partial charge in [0.05, 0.1) is 6.61 Å². The number of fused-ring (bicyclic) bond motifs is 2. The fourth-order valence-corrected chi connectivity index (χ4v) is 7.17. The van der Waals surface area contributed by atoms with E-state index in [-0.39, 0.29) is 11.0 Å². The van der Waals surface area contributed by atoms with Gasteiger partial charge < -0.3 is 9.84 Å². The van der Waals surface area contributed by atoms with Crippen LogP contribution < -0.4 is 0 Å². The van der Waals surface area contributed by atoms with Crippen molar-refractivity contribution in [2.24, 2.45) is 23.2 Å². The van der Waals surface area contributed by atoms with Gasteiger partial charge in [-0.15, -0.1) is 0 Å². The molecule has 3 heterocycles. The van der Waals surface area contributed by atoms with E-state index in [2.05, 4.69) is 23.0 Å². The lowest BCUT2D eigenvalue weighted by Crippen LogP contribution is -2.50. The second kappa shape index (κ2) is 9.11. The largest absolute Gasteiger partial charge is 0.378 e. The summed E-state index contributed by atoms with van der Waals surface area (Å²) in [5.41, 5.74) is 4.01. The number of pyridine rings is 1. The second-order valence-electron chi connectivity index (χ2n) is 11.3. The Balaban J connectivity index is 1.30. The molecule has 0 aromatic carbocycles. The second-order valence-corrected chi connectivity index (χ2v) is 11.3. The monoisotopic (exact) mass is 472 g/mol. The Kier molecular flexibility index (Phi) is 6.45. The standard InChI is InChI=1S/C28H38F2N2O2/c1-18(11-20-7-10-34-17-19(20)2)21-12-23-5-4-8-28(23,14-21)26(33)32-9-6-25-22(16-32)13-24(15-31-25)27(3,29)30/h13,15,20-21,23,26,33H,1-2,4-12,14,16-17H2,3H3/t20-,21+,23?,26?,28+/m0/s1. The maximum atomic E-state index is 13.9. The summed E-state index contributed by atoms with van der Waals surface area (Å²) in [6, 6.07) is 1.59. The van der Waals surface area contributed by atoms with Crippen molar-refractivity contribution in [3.63, 3.8) is 0 Å². The fourth-order valence-electron chi connectivity index (χ4n) is 7.17. The van der Waals surface area contributed by atoms with Crippen LogP contribution in [-0.2, 0) is 23.6 Å². The van der Waals surface area contributed by atoms with E-state index in [1.165, 1.54) is 17.3 Å². The van der Waals surface area contributed by atoms with E-state index in [0.29, 0.717) is 43.9 Å². The van der Waals surface area contributed by atoms with Gasteiger partial charge in [-0.05, 0) is 73.5 Å². The average Bonchev–Trinajstić information content (AvgIpc) is 3.37. The Bertz CT molecular complexity index is 958. The van der Waals surface area contributed by atoms with Gasteiger partial charge >= 0.3 is 0 Å². The summed E-state index contributed by atoms with van der Waals surface area (Å²) >= 11 is 0. The molecule has 6 heteroatoms. The number of alkyl halides is 2. The molecule has 5 rings (SSSR count). The topological polar surface area (TPSA) is 45.6 Å². The Labute approximate surface area is 202 Å². The summed E-state index contributed by atoms with van der Waals surface area (Å²) in [7, 11) is 0. The van der Waals surface area contributed by atoms with Crippen molar-refractivity contribution in [2.75, 3.05) is 19.8 Å². The Morgan fingerprint density at radius 2 is 2.24 bits per heavy atom. The molecule has 5 atom stereocenters. The van der Waals surface area contributed by atoms with Gasteiger partial charge in [-0.25, -0.2) is 8.78 Å². The van der Waals surface area contributed by atoms with Gasteiger partial charge in [-0.1, -0.05) is 25.2 Å². The molecule has 1 aromatic rings. The van der Waals surface area contributed by atoms with Gasteiger partial charge in [0, 0.05) is 55.9 Å². The van der Waals surface area contributed by atoms with Crippen molar-refractivity contribution in [1.82, 2.24) is 9.88 Å². The van der Waals surface area contributed by atoms with Crippen LogP contribution in [0.5, 0.6) is 0 Å². The minimum Gasteiger partial charge on any atom is -0.378 e. The van der Waals surface area contributed by atoms with Crippen molar-refractivity contribution >= 4 is 0 Å². The Hall–Kier alpha value is -1.63. The highest BCUT2D eigenvalue weighted by Gasteiger charge is 2.56. The number of hydrogen-bond acceptors (Lipinski definition) is 4. The van der Waals surface area contributed by atoms with Crippen LogP contribution >= 0.6 is 0 Å². The predicted octanol–water partition coefficient (Wildman–Crippen LogP) is 5.61. The molecule has 3 fully saturated rings. The molecule has 4 aliphatic rings.